The molecule has 0 spiro atoms. The van der Waals surface area contributed by atoms with E-state index in [4.69, 9.17) is 0 Å². The van der Waals surface area contributed by atoms with Crippen LogP contribution in [0.1, 0.15) is 19.0 Å². The normalized spacial score (nSPS) is 19.0. The summed E-state index contributed by atoms with van der Waals surface area (Å²) in [5.74, 6) is 2.47. The lowest BCUT2D eigenvalue weighted by Gasteiger charge is -2.22. The third kappa shape index (κ3) is 3.30. The topological polar surface area (TPSA) is 46.9 Å². The molecule has 21 heavy (non-hydrogen) atoms. The molecular weight excluding hydrogens is 282 g/mol. The molecule has 0 aliphatic carbocycles. The smallest absolute Gasteiger partial charge is 0.140 e. The zero-order valence-corrected chi connectivity index (χ0v) is 13.2. The van der Waals surface area contributed by atoms with Gasteiger partial charge in [-0.3, -0.25) is 9.48 Å². The lowest BCUT2D eigenvalue weighted by Crippen LogP contribution is -2.39. The average Bonchev–Trinajstić information content (AvgIpc) is 2.86. The largest absolute Gasteiger partial charge is 0.312 e. The number of rotatable bonds is 5. The zero-order valence-electron chi connectivity index (χ0n) is 12.3. The first-order valence-corrected chi connectivity index (χ1v) is 8.70. The third-order valence-corrected chi connectivity index (χ3v) is 5.00. The van der Waals surface area contributed by atoms with Crippen LogP contribution in [0.5, 0.6) is 0 Å². The van der Waals surface area contributed by atoms with Gasteiger partial charge in [0.2, 0.25) is 0 Å². The Morgan fingerprint density at radius 3 is 3.10 bits per heavy atom. The number of carbonyl (C=O) groups excluding carboxylic acids is 1. The van der Waals surface area contributed by atoms with Crippen LogP contribution in [-0.4, -0.2) is 39.7 Å². The molecule has 0 amide bonds. The highest BCUT2D eigenvalue weighted by Gasteiger charge is 2.19. The van der Waals surface area contributed by atoms with Crippen molar-refractivity contribution in [3.05, 3.63) is 30.0 Å². The number of nitrogens with zero attached hydrogens (tertiary/aromatic N) is 2. The predicted molar refractivity (Wildman–Crippen MR) is 87.9 cm³/mol. The maximum absolute atomic E-state index is 12.3. The Morgan fingerprint density at radius 1 is 1.48 bits per heavy atom. The van der Waals surface area contributed by atoms with Gasteiger partial charge in [-0.15, -0.1) is 0 Å². The van der Waals surface area contributed by atoms with Gasteiger partial charge < -0.3 is 5.32 Å². The molecule has 1 fully saturated rings. The standard InChI is InChI=1S/C16H21N3OS/c1-2-19-16-6-4-3-5-14(16)15(18-19)10-13(20)9-12-11-21-8-7-17-12/h3-6,12,17H,2,7-11H2,1H3. The summed E-state index contributed by atoms with van der Waals surface area (Å²) < 4.78 is 1.98. The summed E-state index contributed by atoms with van der Waals surface area (Å²) in [5, 5.41) is 9.14. The van der Waals surface area contributed by atoms with E-state index in [2.05, 4.69) is 29.5 Å². The Labute approximate surface area is 129 Å². The molecule has 0 bridgehead atoms. The maximum atomic E-state index is 12.3. The second kappa shape index (κ2) is 6.62. The van der Waals surface area contributed by atoms with Crippen LogP contribution in [0.4, 0.5) is 0 Å². The molecule has 2 aromatic rings. The number of carbonyl (C=O) groups is 1. The number of nitrogens with one attached hydrogen (secondary N) is 1. The minimum Gasteiger partial charge on any atom is -0.312 e. The summed E-state index contributed by atoms with van der Waals surface area (Å²) in [6, 6.07) is 8.49. The van der Waals surface area contributed by atoms with Gasteiger partial charge in [0.25, 0.3) is 0 Å². The zero-order chi connectivity index (χ0) is 14.7. The molecule has 112 valence electrons. The number of hydrogen-bond acceptors (Lipinski definition) is 4. The molecule has 0 saturated carbocycles. The molecule has 1 saturated heterocycles. The Hall–Kier alpha value is -1.33. The van der Waals surface area contributed by atoms with E-state index in [1.54, 1.807) is 0 Å². The Balaban J connectivity index is 1.73. The van der Waals surface area contributed by atoms with Gasteiger partial charge in [-0.1, -0.05) is 18.2 Å². The molecule has 4 nitrogen and oxygen atoms in total. The summed E-state index contributed by atoms with van der Waals surface area (Å²) in [5.41, 5.74) is 2.04. The lowest BCUT2D eigenvalue weighted by molar-refractivity contribution is -0.118. The van der Waals surface area contributed by atoms with Crippen LogP contribution in [0.3, 0.4) is 0 Å². The van der Waals surface area contributed by atoms with Crippen LogP contribution in [0.15, 0.2) is 24.3 Å². The molecule has 3 rings (SSSR count). The predicted octanol–water partition coefficient (Wildman–Crippen LogP) is 2.26. The monoisotopic (exact) mass is 303 g/mol. The number of fused-ring (bicyclic) bond motifs is 1. The molecule has 0 radical (unpaired) electrons. The fraction of sp³-hybridized carbons (Fsp3) is 0.500. The molecule has 1 aromatic heterocycles. The number of thioether (sulfide) groups is 1. The van der Waals surface area contributed by atoms with Gasteiger partial charge in [-0.25, -0.2) is 0 Å². The van der Waals surface area contributed by atoms with Crippen molar-refractivity contribution in [1.29, 1.82) is 0 Å². The first kappa shape index (κ1) is 14.6. The summed E-state index contributed by atoms with van der Waals surface area (Å²) in [6.07, 6.45) is 1.05. The number of aryl methyl sites for hydroxylation is 1. The number of Topliss-reactive ketones (excluding diaryl/α,β-unsaturated/α-hetero) is 1. The molecular formula is C16H21N3OS. The van der Waals surface area contributed by atoms with Gasteiger partial charge >= 0.3 is 0 Å². The van der Waals surface area contributed by atoms with Crippen molar-refractivity contribution in [1.82, 2.24) is 15.1 Å². The van der Waals surface area contributed by atoms with Crippen LogP contribution in [-0.2, 0) is 17.8 Å². The fourth-order valence-electron chi connectivity index (χ4n) is 2.85. The Morgan fingerprint density at radius 2 is 2.33 bits per heavy atom. The maximum Gasteiger partial charge on any atom is 0.140 e. The van der Waals surface area contributed by atoms with Crippen molar-refractivity contribution in [2.45, 2.75) is 32.4 Å². The number of hydrogen-bond donors (Lipinski definition) is 1. The molecule has 1 aliphatic rings. The van der Waals surface area contributed by atoms with E-state index < -0.39 is 0 Å². The van der Waals surface area contributed by atoms with E-state index in [0.717, 1.165) is 41.2 Å². The summed E-state index contributed by atoms with van der Waals surface area (Å²) in [7, 11) is 0. The van der Waals surface area contributed by atoms with Crippen LogP contribution >= 0.6 is 11.8 Å². The average molecular weight is 303 g/mol. The quantitative estimate of drug-likeness (QED) is 0.920. The number of aromatic nitrogens is 2. The van der Waals surface area contributed by atoms with Crippen LogP contribution < -0.4 is 5.32 Å². The van der Waals surface area contributed by atoms with Crippen molar-refractivity contribution in [2.24, 2.45) is 0 Å². The SMILES string of the molecule is CCn1nc(CC(=O)CC2CSCCN2)c2ccccc21. The minimum atomic E-state index is 0.279. The highest BCUT2D eigenvalue weighted by atomic mass is 32.2. The number of ketones is 1. The molecule has 1 N–H and O–H groups in total. The minimum absolute atomic E-state index is 0.279. The molecule has 5 heteroatoms. The molecule has 1 atom stereocenters. The van der Waals surface area contributed by atoms with Gasteiger partial charge in [-0.05, 0) is 13.0 Å². The van der Waals surface area contributed by atoms with Crippen molar-refractivity contribution in [2.75, 3.05) is 18.1 Å². The molecule has 1 aliphatic heterocycles. The summed E-state index contributed by atoms with van der Waals surface area (Å²) >= 11 is 1.93. The van der Waals surface area contributed by atoms with Crippen molar-refractivity contribution in [3.8, 4) is 0 Å². The second-order valence-electron chi connectivity index (χ2n) is 5.43. The fourth-order valence-corrected chi connectivity index (χ4v) is 3.80. The number of benzene rings is 1. The van der Waals surface area contributed by atoms with Crippen molar-refractivity contribution < 1.29 is 4.79 Å². The van der Waals surface area contributed by atoms with Gasteiger partial charge in [0.15, 0.2) is 0 Å². The summed E-state index contributed by atoms with van der Waals surface area (Å²) in [6.45, 7) is 3.92. The van der Waals surface area contributed by atoms with E-state index >= 15 is 0 Å². The van der Waals surface area contributed by atoms with Crippen molar-refractivity contribution in [3.63, 3.8) is 0 Å². The Kier molecular flexibility index (Phi) is 4.60. The van der Waals surface area contributed by atoms with Crippen LogP contribution in [0.25, 0.3) is 10.9 Å². The van der Waals surface area contributed by atoms with Crippen molar-refractivity contribution >= 4 is 28.4 Å². The molecule has 2 heterocycles. The highest BCUT2D eigenvalue weighted by Crippen LogP contribution is 2.20. The van der Waals surface area contributed by atoms with Crippen LogP contribution in [0, 0.1) is 0 Å². The summed E-state index contributed by atoms with van der Waals surface area (Å²) in [4.78, 5) is 12.3. The third-order valence-electron chi connectivity index (χ3n) is 3.87. The first-order valence-electron chi connectivity index (χ1n) is 7.55. The first-order chi connectivity index (χ1) is 10.3. The Bertz CT molecular complexity index is 631. The molecule has 1 unspecified atom stereocenters. The van der Waals surface area contributed by atoms with E-state index in [1.807, 2.05) is 28.6 Å². The van der Waals surface area contributed by atoms with E-state index in [9.17, 15) is 4.79 Å². The molecule has 1 aromatic carbocycles. The van der Waals surface area contributed by atoms with Gasteiger partial charge in [0.05, 0.1) is 17.6 Å². The van der Waals surface area contributed by atoms with E-state index in [1.165, 1.54) is 0 Å². The highest BCUT2D eigenvalue weighted by molar-refractivity contribution is 7.99. The van der Waals surface area contributed by atoms with E-state index in [0.29, 0.717) is 18.9 Å². The van der Waals surface area contributed by atoms with Gasteiger partial charge in [0.1, 0.15) is 5.78 Å². The van der Waals surface area contributed by atoms with Gasteiger partial charge in [0, 0.05) is 42.4 Å². The number of para-hydroxylation sites is 1. The second-order valence-corrected chi connectivity index (χ2v) is 6.57. The lowest BCUT2D eigenvalue weighted by atomic mass is 10.1. The van der Waals surface area contributed by atoms with Crippen LogP contribution in [0.2, 0.25) is 0 Å². The van der Waals surface area contributed by atoms with E-state index in [-0.39, 0.29) is 5.78 Å². The van der Waals surface area contributed by atoms with Gasteiger partial charge in [-0.2, -0.15) is 16.9 Å².